The van der Waals surface area contributed by atoms with Crippen molar-refractivity contribution in [2.24, 2.45) is 7.05 Å². The molecule has 94 valence electrons. The van der Waals surface area contributed by atoms with Crippen molar-refractivity contribution in [1.82, 2.24) is 14.8 Å². The first kappa shape index (κ1) is 12.3. The average Bonchev–Trinajstić information content (AvgIpc) is 2.73. The van der Waals surface area contributed by atoms with E-state index in [0.717, 1.165) is 11.1 Å². The van der Waals surface area contributed by atoms with Gasteiger partial charge in [-0.25, -0.2) is 4.98 Å². The number of aliphatic carboxylic acids is 1. The van der Waals surface area contributed by atoms with Gasteiger partial charge in [0, 0.05) is 13.5 Å². The third-order valence-electron chi connectivity index (χ3n) is 2.97. The van der Waals surface area contributed by atoms with E-state index in [1.807, 2.05) is 31.2 Å². The zero-order valence-electron chi connectivity index (χ0n) is 10.4. The molecule has 1 unspecified atom stereocenters. The van der Waals surface area contributed by atoms with Crippen LogP contribution in [0.25, 0.3) is 0 Å². The molecule has 0 radical (unpaired) electrons. The Balaban J connectivity index is 2.27. The summed E-state index contributed by atoms with van der Waals surface area (Å²) < 4.78 is 1.60. The fraction of sp³-hybridized carbons (Fsp3) is 0.308. The van der Waals surface area contributed by atoms with E-state index in [2.05, 4.69) is 10.1 Å². The second kappa shape index (κ2) is 5.00. The molecule has 2 aromatic rings. The predicted molar refractivity (Wildman–Crippen MR) is 66.3 cm³/mol. The van der Waals surface area contributed by atoms with Gasteiger partial charge in [-0.3, -0.25) is 9.48 Å². The molecular weight excluding hydrogens is 230 g/mol. The molecule has 0 spiro atoms. The summed E-state index contributed by atoms with van der Waals surface area (Å²) in [6, 6.07) is 7.54. The van der Waals surface area contributed by atoms with Crippen molar-refractivity contribution in [2.75, 3.05) is 0 Å². The molecule has 1 heterocycles. The quantitative estimate of drug-likeness (QED) is 0.887. The number of rotatable bonds is 4. The number of nitrogens with zero attached hydrogens (tertiary/aromatic N) is 3. The smallest absolute Gasteiger partial charge is 0.311 e. The van der Waals surface area contributed by atoms with Gasteiger partial charge < -0.3 is 5.11 Å². The first-order valence-corrected chi connectivity index (χ1v) is 5.70. The van der Waals surface area contributed by atoms with Crippen molar-refractivity contribution in [1.29, 1.82) is 0 Å². The lowest BCUT2D eigenvalue weighted by Gasteiger charge is -2.12. The molecule has 1 aromatic carbocycles. The van der Waals surface area contributed by atoms with Crippen LogP contribution in [0, 0.1) is 6.92 Å². The van der Waals surface area contributed by atoms with Gasteiger partial charge in [0.15, 0.2) is 0 Å². The van der Waals surface area contributed by atoms with Crippen LogP contribution in [0.5, 0.6) is 0 Å². The van der Waals surface area contributed by atoms with Crippen molar-refractivity contribution in [3.05, 3.63) is 47.5 Å². The summed E-state index contributed by atoms with van der Waals surface area (Å²) >= 11 is 0. The lowest BCUT2D eigenvalue weighted by Crippen LogP contribution is -2.16. The van der Waals surface area contributed by atoms with Crippen LogP contribution in [0.4, 0.5) is 0 Å². The summed E-state index contributed by atoms with van der Waals surface area (Å²) in [4.78, 5) is 15.4. The van der Waals surface area contributed by atoms with Crippen LogP contribution in [0.3, 0.4) is 0 Å². The molecule has 0 bridgehead atoms. The summed E-state index contributed by atoms with van der Waals surface area (Å²) in [6.07, 6.45) is 1.78. The van der Waals surface area contributed by atoms with Crippen molar-refractivity contribution in [3.8, 4) is 0 Å². The highest BCUT2D eigenvalue weighted by Gasteiger charge is 2.22. The Kier molecular flexibility index (Phi) is 3.41. The molecule has 2 rings (SSSR count). The van der Waals surface area contributed by atoms with Gasteiger partial charge in [-0.15, -0.1) is 0 Å². The number of hydrogen-bond acceptors (Lipinski definition) is 3. The standard InChI is InChI=1S/C13H15N3O2/c1-9-3-5-10(6-4-9)11(13(17)18)7-12-14-8-15-16(12)2/h3-6,8,11H,7H2,1-2H3,(H,17,18). The van der Waals surface area contributed by atoms with Crippen molar-refractivity contribution in [2.45, 2.75) is 19.3 Å². The van der Waals surface area contributed by atoms with E-state index in [1.54, 1.807) is 11.7 Å². The highest BCUT2D eigenvalue weighted by Crippen LogP contribution is 2.20. The fourth-order valence-corrected chi connectivity index (χ4v) is 1.83. The Morgan fingerprint density at radius 3 is 2.56 bits per heavy atom. The molecule has 5 heteroatoms. The normalized spacial score (nSPS) is 12.3. The van der Waals surface area contributed by atoms with E-state index in [1.165, 1.54) is 6.33 Å². The third-order valence-corrected chi connectivity index (χ3v) is 2.97. The summed E-state index contributed by atoms with van der Waals surface area (Å²) in [5, 5.41) is 13.3. The monoisotopic (exact) mass is 245 g/mol. The number of aromatic nitrogens is 3. The number of carbonyl (C=O) groups is 1. The first-order chi connectivity index (χ1) is 8.58. The maximum absolute atomic E-state index is 11.4. The Bertz CT molecular complexity index is 546. The van der Waals surface area contributed by atoms with Gasteiger partial charge in [0.1, 0.15) is 12.2 Å². The van der Waals surface area contributed by atoms with E-state index in [4.69, 9.17) is 0 Å². The van der Waals surface area contributed by atoms with Crippen molar-refractivity contribution >= 4 is 5.97 Å². The second-order valence-corrected chi connectivity index (χ2v) is 4.31. The topological polar surface area (TPSA) is 68.0 Å². The molecular formula is C13H15N3O2. The molecule has 0 fully saturated rings. The van der Waals surface area contributed by atoms with Gasteiger partial charge in [0.25, 0.3) is 0 Å². The van der Waals surface area contributed by atoms with Crippen LogP contribution in [-0.2, 0) is 18.3 Å². The highest BCUT2D eigenvalue weighted by molar-refractivity contribution is 5.76. The Labute approximate surface area is 105 Å². The maximum atomic E-state index is 11.4. The van der Waals surface area contributed by atoms with Crippen LogP contribution in [0.15, 0.2) is 30.6 Å². The number of carboxylic acids is 1. The SMILES string of the molecule is Cc1ccc(C(Cc2ncnn2C)C(=O)O)cc1. The van der Waals surface area contributed by atoms with Gasteiger partial charge in [0.05, 0.1) is 5.92 Å². The predicted octanol–water partition coefficient (Wildman–Crippen LogP) is 1.53. The molecule has 1 aromatic heterocycles. The molecule has 1 N–H and O–H groups in total. The summed E-state index contributed by atoms with van der Waals surface area (Å²) in [5.74, 6) is -0.765. The lowest BCUT2D eigenvalue weighted by atomic mass is 9.95. The van der Waals surface area contributed by atoms with Crippen molar-refractivity contribution in [3.63, 3.8) is 0 Å². The number of benzene rings is 1. The first-order valence-electron chi connectivity index (χ1n) is 5.70. The number of carboxylic acid groups (broad SMARTS) is 1. The third kappa shape index (κ3) is 2.56. The second-order valence-electron chi connectivity index (χ2n) is 4.31. The molecule has 0 aliphatic rings. The molecule has 18 heavy (non-hydrogen) atoms. The van der Waals surface area contributed by atoms with Crippen molar-refractivity contribution < 1.29 is 9.90 Å². The fourth-order valence-electron chi connectivity index (χ4n) is 1.83. The molecule has 0 aliphatic heterocycles. The van der Waals surface area contributed by atoms with Crippen LogP contribution >= 0.6 is 0 Å². The molecule has 0 saturated carbocycles. The Morgan fingerprint density at radius 1 is 1.39 bits per heavy atom. The van der Waals surface area contributed by atoms with Gasteiger partial charge in [-0.1, -0.05) is 29.8 Å². The van der Waals surface area contributed by atoms with Gasteiger partial charge in [-0.2, -0.15) is 5.10 Å². The van der Waals surface area contributed by atoms with Crippen LogP contribution in [0.2, 0.25) is 0 Å². The molecule has 0 saturated heterocycles. The van der Waals surface area contributed by atoms with Crippen LogP contribution in [0.1, 0.15) is 22.9 Å². The summed E-state index contributed by atoms with van der Waals surface area (Å²) in [6.45, 7) is 1.97. The molecule has 1 atom stereocenters. The Hall–Kier alpha value is -2.17. The van der Waals surface area contributed by atoms with Crippen LogP contribution < -0.4 is 0 Å². The van der Waals surface area contributed by atoms with E-state index < -0.39 is 11.9 Å². The summed E-state index contributed by atoms with van der Waals surface area (Å²) in [7, 11) is 1.76. The minimum absolute atomic E-state index is 0.342. The van der Waals surface area contributed by atoms with E-state index in [0.29, 0.717) is 12.2 Å². The molecule has 0 aliphatic carbocycles. The van der Waals surface area contributed by atoms with Gasteiger partial charge in [-0.05, 0) is 12.5 Å². The highest BCUT2D eigenvalue weighted by atomic mass is 16.4. The minimum atomic E-state index is -0.846. The summed E-state index contributed by atoms with van der Waals surface area (Å²) in [5.41, 5.74) is 1.90. The molecule has 0 amide bonds. The zero-order chi connectivity index (χ0) is 13.1. The van der Waals surface area contributed by atoms with Crippen LogP contribution in [-0.4, -0.2) is 25.8 Å². The minimum Gasteiger partial charge on any atom is -0.481 e. The number of hydrogen-bond donors (Lipinski definition) is 1. The van der Waals surface area contributed by atoms with E-state index in [-0.39, 0.29) is 0 Å². The van der Waals surface area contributed by atoms with E-state index >= 15 is 0 Å². The van der Waals surface area contributed by atoms with E-state index in [9.17, 15) is 9.90 Å². The zero-order valence-corrected chi connectivity index (χ0v) is 10.4. The van der Waals surface area contributed by atoms with Gasteiger partial charge >= 0.3 is 5.97 Å². The maximum Gasteiger partial charge on any atom is 0.311 e. The molecule has 5 nitrogen and oxygen atoms in total. The van der Waals surface area contributed by atoms with Gasteiger partial charge in [0.2, 0.25) is 0 Å². The largest absolute Gasteiger partial charge is 0.481 e. The number of aryl methyl sites for hydroxylation is 2. The average molecular weight is 245 g/mol. The lowest BCUT2D eigenvalue weighted by molar-refractivity contribution is -0.138. The Morgan fingerprint density at radius 2 is 2.06 bits per heavy atom.